The molecule has 0 fully saturated rings. The molecule has 0 aromatic rings. The zero-order chi connectivity index (χ0) is 22.5. The molecule has 0 saturated heterocycles. The van der Waals surface area contributed by atoms with Crippen LogP contribution in [0.3, 0.4) is 0 Å². The van der Waals surface area contributed by atoms with Gasteiger partial charge in [0, 0.05) is 44.9 Å². The number of allylic oxidation sites excluding steroid dienone is 1. The van der Waals surface area contributed by atoms with E-state index in [-0.39, 0.29) is 30.7 Å². The normalized spacial score (nSPS) is 12.2. The number of nitrogens with one attached hydrogen (secondary N) is 2. The number of carbonyl (C=O) groups excluding carboxylic acids is 4. The lowest BCUT2D eigenvalue weighted by Crippen LogP contribution is -2.34. The number of aldehydes is 1. The van der Waals surface area contributed by atoms with E-state index in [2.05, 4.69) is 10.6 Å². The van der Waals surface area contributed by atoms with Crippen LogP contribution in [-0.4, -0.2) is 66.5 Å². The molecule has 0 unspecified atom stereocenters. The summed E-state index contributed by atoms with van der Waals surface area (Å²) in [5, 5.41) is 14.7. The van der Waals surface area contributed by atoms with Crippen molar-refractivity contribution < 1.29 is 29.0 Å². The number of rotatable bonds is 13. The molecule has 0 aliphatic carbocycles. The molecule has 0 spiro atoms. The van der Waals surface area contributed by atoms with E-state index in [1.807, 2.05) is 13.8 Å². The van der Waals surface area contributed by atoms with E-state index in [1.165, 1.54) is 37.1 Å². The fraction of sp³-hybridized carbons (Fsp3) is 0.600. The third-order valence-electron chi connectivity index (χ3n) is 3.60. The van der Waals surface area contributed by atoms with Crippen LogP contribution in [0.4, 0.5) is 0 Å². The Morgan fingerprint density at radius 1 is 1.14 bits per heavy atom. The summed E-state index contributed by atoms with van der Waals surface area (Å²) in [6.45, 7) is 7.70. The highest BCUT2D eigenvalue weighted by molar-refractivity contribution is 5.90. The summed E-state index contributed by atoms with van der Waals surface area (Å²) in [6, 6.07) is 0. The molecule has 0 aromatic carbocycles. The van der Waals surface area contributed by atoms with E-state index in [9.17, 15) is 24.3 Å². The lowest BCUT2D eigenvalue weighted by Gasteiger charge is -2.28. The van der Waals surface area contributed by atoms with Crippen molar-refractivity contribution in [3.8, 4) is 0 Å². The zero-order valence-electron chi connectivity index (χ0n) is 17.9. The molecule has 0 bridgehead atoms. The van der Waals surface area contributed by atoms with Crippen molar-refractivity contribution >= 4 is 24.0 Å². The summed E-state index contributed by atoms with van der Waals surface area (Å²) in [5.41, 5.74) is -0.482. The average molecular weight is 411 g/mol. The molecule has 9 heteroatoms. The molecule has 0 rings (SSSR count). The molecule has 0 radical (unpaired) electrons. The smallest absolute Gasteiger partial charge is 0.246 e. The molecule has 29 heavy (non-hydrogen) atoms. The molecule has 0 heterocycles. The number of likely N-dealkylation sites (N-methyl/N-ethyl adjacent to an activating group) is 1. The van der Waals surface area contributed by atoms with E-state index in [1.54, 1.807) is 7.05 Å². The fourth-order valence-corrected chi connectivity index (χ4v) is 2.06. The first kappa shape index (κ1) is 26.5. The lowest BCUT2D eigenvalue weighted by atomic mass is 9.90. The molecule has 0 aromatic heterocycles. The average Bonchev–Trinajstić information content (AvgIpc) is 2.60. The largest absolute Gasteiger partial charge is 0.366 e. The van der Waals surface area contributed by atoms with Crippen LogP contribution in [-0.2, 0) is 23.9 Å². The van der Waals surface area contributed by atoms with Gasteiger partial charge < -0.3 is 25.4 Å². The van der Waals surface area contributed by atoms with Crippen LogP contribution in [0.1, 0.15) is 40.5 Å². The van der Waals surface area contributed by atoms with Gasteiger partial charge in [0.2, 0.25) is 17.7 Å². The van der Waals surface area contributed by atoms with Gasteiger partial charge in [-0.05, 0) is 31.8 Å². The second-order valence-electron chi connectivity index (χ2n) is 7.88. The maximum Gasteiger partial charge on any atom is 0.246 e. The third kappa shape index (κ3) is 15.1. The minimum atomic E-state index is -1.26. The second-order valence-corrected chi connectivity index (χ2v) is 7.88. The van der Waals surface area contributed by atoms with Crippen LogP contribution < -0.4 is 10.6 Å². The Balaban J connectivity index is 4.11. The van der Waals surface area contributed by atoms with Gasteiger partial charge in [0.25, 0.3) is 0 Å². The van der Waals surface area contributed by atoms with E-state index < -0.39 is 11.2 Å². The van der Waals surface area contributed by atoms with Gasteiger partial charge in [0.15, 0.2) is 5.79 Å². The Hall–Kier alpha value is -2.52. The Morgan fingerprint density at radius 2 is 1.79 bits per heavy atom. The zero-order valence-corrected chi connectivity index (χ0v) is 17.9. The fourth-order valence-electron chi connectivity index (χ4n) is 2.06. The minimum absolute atomic E-state index is 0.161. The van der Waals surface area contributed by atoms with Crippen LogP contribution in [0.5, 0.6) is 0 Å². The first-order chi connectivity index (χ1) is 13.4. The number of nitrogens with zero attached hydrogens (tertiary/aromatic N) is 1. The number of hydrogen-bond acceptors (Lipinski definition) is 6. The third-order valence-corrected chi connectivity index (χ3v) is 3.60. The van der Waals surface area contributed by atoms with Crippen molar-refractivity contribution in [2.24, 2.45) is 5.41 Å². The molecular formula is C20H33N3O6. The molecule has 3 amide bonds. The van der Waals surface area contributed by atoms with Crippen molar-refractivity contribution in [3.05, 3.63) is 24.4 Å². The van der Waals surface area contributed by atoms with Crippen molar-refractivity contribution in [3.63, 3.8) is 0 Å². The van der Waals surface area contributed by atoms with Crippen molar-refractivity contribution in [1.82, 2.24) is 15.5 Å². The van der Waals surface area contributed by atoms with Gasteiger partial charge in [-0.2, -0.15) is 0 Å². The number of aliphatic hydroxyl groups is 1. The topological polar surface area (TPSA) is 125 Å². The Labute approximate surface area is 172 Å². The Morgan fingerprint density at radius 3 is 2.38 bits per heavy atom. The van der Waals surface area contributed by atoms with Crippen molar-refractivity contribution in [1.29, 1.82) is 0 Å². The quantitative estimate of drug-likeness (QED) is 0.175. The standard InChI is InChI=1S/C20H33N3O6/c1-19(2,15-29-20(3,4)28)14-17(26)22-11-9-16(25)21-10-7-12-23(5)18(27)8-6-13-24/h6,8-9,11,13,28H,7,10,12,14-15H2,1-5H3,(H,21,25)(H,22,26)/b8-6-,11-9+. The van der Waals surface area contributed by atoms with Crippen molar-refractivity contribution in [2.45, 2.75) is 46.3 Å². The Kier molecular flexibility index (Phi) is 11.7. The maximum atomic E-state index is 12.0. The molecule has 0 saturated carbocycles. The van der Waals surface area contributed by atoms with Gasteiger partial charge in [-0.1, -0.05) is 13.8 Å². The SMILES string of the molecule is CN(CCCNC(=O)/C=C/NC(=O)CC(C)(C)COC(C)(C)O)C(=O)/C=C\C=O. The van der Waals surface area contributed by atoms with Gasteiger partial charge in [-0.25, -0.2) is 0 Å². The number of carbonyl (C=O) groups is 4. The molecule has 164 valence electrons. The van der Waals surface area contributed by atoms with Crippen LogP contribution in [0.15, 0.2) is 24.4 Å². The highest BCUT2D eigenvalue weighted by Gasteiger charge is 2.25. The van der Waals surface area contributed by atoms with Crippen LogP contribution in [0.25, 0.3) is 0 Å². The monoisotopic (exact) mass is 411 g/mol. The highest BCUT2D eigenvalue weighted by Crippen LogP contribution is 2.22. The van der Waals surface area contributed by atoms with Crippen molar-refractivity contribution in [2.75, 3.05) is 26.7 Å². The van der Waals surface area contributed by atoms with E-state index in [4.69, 9.17) is 4.74 Å². The summed E-state index contributed by atoms with van der Waals surface area (Å²) in [6.07, 6.45) is 6.01. The van der Waals surface area contributed by atoms with E-state index in [0.717, 1.165) is 6.08 Å². The van der Waals surface area contributed by atoms with E-state index in [0.29, 0.717) is 25.8 Å². The summed E-state index contributed by atoms with van der Waals surface area (Å²) in [7, 11) is 1.60. The molecular weight excluding hydrogens is 378 g/mol. The summed E-state index contributed by atoms with van der Waals surface area (Å²) in [4.78, 5) is 46.8. The molecule has 0 aliphatic heterocycles. The first-order valence-corrected chi connectivity index (χ1v) is 9.33. The highest BCUT2D eigenvalue weighted by atomic mass is 16.6. The Bertz CT molecular complexity index is 620. The van der Waals surface area contributed by atoms with Gasteiger partial charge in [-0.3, -0.25) is 19.2 Å². The van der Waals surface area contributed by atoms with Gasteiger partial charge in [-0.15, -0.1) is 0 Å². The van der Waals surface area contributed by atoms with Gasteiger partial charge in [0.1, 0.15) is 6.29 Å². The predicted octanol–water partition coefficient (Wildman–Crippen LogP) is 0.497. The van der Waals surface area contributed by atoms with Gasteiger partial charge >= 0.3 is 0 Å². The molecule has 9 nitrogen and oxygen atoms in total. The van der Waals surface area contributed by atoms with Crippen LogP contribution in [0, 0.1) is 5.41 Å². The number of hydrogen-bond donors (Lipinski definition) is 3. The summed E-state index contributed by atoms with van der Waals surface area (Å²) in [5.74, 6) is -2.20. The van der Waals surface area contributed by atoms with Gasteiger partial charge in [0.05, 0.1) is 6.61 Å². The minimum Gasteiger partial charge on any atom is -0.366 e. The van der Waals surface area contributed by atoms with Crippen LogP contribution >= 0.6 is 0 Å². The lowest BCUT2D eigenvalue weighted by molar-refractivity contribution is -0.192. The second kappa shape index (κ2) is 12.8. The van der Waals surface area contributed by atoms with Crippen LogP contribution in [0.2, 0.25) is 0 Å². The van der Waals surface area contributed by atoms with E-state index >= 15 is 0 Å². The number of ether oxygens (including phenoxy) is 1. The number of amides is 3. The molecule has 0 aliphatic rings. The summed E-state index contributed by atoms with van der Waals surface area (Å²) >= 11 is 0. The molecule has 3 N–H and O–H groups in total. The molecule has 0 atom stereocenters. The first-order valence-electron chi connectivity index (χ1n) is 9.33. The predicted molar refractivity (Wildman–Crippen MR) is 108 cm³/mol. The maximum absolute atomic E-state index is 12.0. The summed E-state index contributed by atoms with van der Waals surface area (Å²) < 4.78 is 5.29.